The van der Waals surface area contributed by atoms with Crippen molar-refractivity contribution in [1.82, 2.24) is 15.1 Å². The Bertz CT molecular complexity index is 830. The van der Waals surface area contributed by atoms with E-state index in [0.717, 1.165) is 60.4 Å². The second kappa shape index (κ2) is 8.39. The van der Waals surface area contributed by atoms with Gasteiger partial charge in [-0.1, -0.05) is 24.1 Å². The molecule has 0 saturated carbocycles. The molecule has 1 aromatic heterocycles. The highest BCUT2D eigenvalue weighted by atomic mass is 16.2. The Kier molecular flexibility index (Phi) is 5.69. The lowest BCUT2D eigenvalue weighted by Crippen LogP contribution is -2.49. The molecule has 0 spiro atoms. The summed E-state index contributed by atoms with van der Waals surface area (Å²) in [6.45, 7) is 11.5. The van der Waals surface area contributed by atoms with E-state index in [1.807, 2.05) is 30.9 Å². The number of amides is 1. The van der Waals surface area contributed by atoms with Gasteiger partial charge < -0.3 is 14.7 Å². The fourth-order valence-electron chi connectivity index (χ4n) is 4.31. The Labute approximate surface area is 173 Å². The van der Waals surface area contributed by atoms with E-state index in [-0.39, 0.29) is 5.91 Å². The Balaban J connectivity index is 1.35. The number of anilines is 2. The lowest BCUT2D eigenvalue weighted by molar-refractivity contribution is 0.0746. The van der Waals surface area contributed by atoms with Gasteiger partial charge in [0.1, 0.15) is 0 Å². The summed E-state index contributed by atoms with van der Waals surface area (Å²) in [4.78, 5) is 19.4. The van der Waals surface area contributed by atoms with Gasteiger partial charge in [0.25, 0.3) is 5.91 Å². The third kappa shape index (κ3) is 4.52. The van der Waals surface area contributed by atoms with E-state index in [1.54, 1.807) is 0 Å². The first-order chi connectivity index (χ1) is 14.0. The molecule has 0 N–H and O–H groups in total. The number of hydrogen-bond acceptors (Lipinski definition) is 5. The molecular formula is C23H31N5O. The van der Waals surface area contributed by atoms with Gasteiger partial charge in [-0.2, -0.15) is 0 Å². The van der Waals surface area contributed by atoms with E-state index in [4.69, 9.17) is 0 Å². The van der Waals surface area contributed by atoms with Crippen LogP contribution in [0.25, 0.3) is 0 Å². The SMILES string of the molecule is Cc1cc(C)cc(C(=O)N2CCN(c3ccc(N4CCC(C)CC4)nn3)CC2)c1. The van der Waals surface area contributed by atoms with E-state index in [0.29, 0.717) is 13.1 Å². The van der Waals surface area contributed by atoms with Crippen LogP contribution in [-0.4, -0.2) is 60.3 Å². The van der Waals surface area contributed by atoms with E-state index in [2.05, 4.69) is 45.1 Å². The van der Waals surface area contributed by atoms with Crippen LogP contribution < -0.4 is 9.80 Å². The summed E-state index contributed by atoms with van der Waals surface area (Å²) in [5, 5.41) is 8.96. The molecule has 29 heavy (non-hydrogen) atoms. The van der Waals surface area contributed by atoms with E-state index in [1.165, 1.54) is 12.8 Å². The van der Waals surface area contributed by atoms with Gasteiger partial charge in [0, 0.05) is 44.8 Å². The second-order valence-electron chi connectivity index (χ2n) is 8.57. The summed E-state index contributed by atoms with van der Waals surface area (Å²) in [5.41, 5.74) is 3.05. The Morgan fingerprint density at radius 1 is 0.828 bits per heavy atom. The first kappa shape index (κ1) is 19.7. The van der Waals surface area contributed by atoms with Crippen molar-refractivity contribution in [2.45, 2.75) is 33.6 Å². The average molecular weight is 394 g/mol. The molecular weight excluding hydrogens is 362 g/mol. The van der Waals surface area contributed by atoms with Gasteiger partial charge in [-0.15, -0.1) is 10.2 Å². The summed E-state index contributed by atoms with van der Waals surface area (Å²) >= 11 is 0. The minimum Gasteiger partial charge on any atom is -0.355 e. The molecule has 0 atom stereocenters. The van der Waals surface area contributed by atoms with Gasteiger partial charge in [-0.05, 0) is 56.9 Å². The van der Waals surface area contributed by atoms with Gasteiger partial charge in [-0.25, -0.2) is 0 Å². The zero-order valence-corrected chi connectivity index (χ0v) is 17.8. The van der Waals surface area contributed by atoms with E-state index >= 15 is 0 Å². The van der Waals surface area contributed by atoms with Crippen LogP contribution >= 0.6 is 0 Å². The first-order valence-corrected chi connectivity index (χ1v) is 10.7. The van der Waals surface area contributed by atoms with Crippen LogP contribution in [-0.2, 0) is 0 Å². The summed E-state index contributed by atoms with van der Waals surface area (Å²) in [7, 11) is 0. The molecule has 2 fully saturated rings. The van der Waals surface area contributed by atoms with Crippen molar-refractivity contribution in [3.63, 3.8) is 0 Å². The predicted molar refractivity (Wildman–Crippen MR) is 117 cm³/mol. The number of benzene rings is 1. The fraction of sp³-hybridized carbons (Fsp3) is 0.522. The number of carbonyl (C=O) groups is 1. The highest BCUT2D eigenvalue weighted by Gasteiger charge is 2.24. The second-order valence-corrected chi connectivity index (χ2v) is 8.57. The van der Waals surface area contributed by atoms with Crippen LogP contribution in [0.15, 0.2) is 30.3 Å². The maximum Gasteiger partial charge on any atom is 0.253 e. The van der Waals surface area contributed by atoms with Crippen molar-refractivity contribution >= 4 is 17.5 Å². The van der Waals surface area contributed by atoms with Crippen LogP contribution in [0, 0.1) is 19.8 Å². The minimum absolute atomic E-state index is 0.122. The molecule has 2 aliphatic heterocycles. The molecule has 6 nitrogen and oxygen atoms in total. The molecule has 3 heterocycles. The summed E-state index contributed by atoms with van der Waals surface area (Å²) in [5.74, 6) is 2.81. The first-order valence-electron chi connectivity index (χ1n) is 10.7. The smallest absolute Gasteiger partial charge is 0.253 e. The zero-order chi connectivity index (χ0) is 20.4. The number of piperidine rings is 1. The standard InChI is InChI=1S/C23H31N5O/c1-17-6-8-26(9-7-17)21-4-5-22(25-24-21)27-10-12-28(13-11-27)23(29)20-15-18(2)14-19(3)16-20/h4-5,14-17H,6-13H2,1-3H3. The number of nitrogens with zero attached hydrogens (tertiary/aromatic N) is 5. The van der Waals surface area contributed by atoms with Gasteiger partial charge in [0.05, 0.1) is 0 Å². The van der Waals surface area contributed by atoms with Crippen LogP contribution in [0.5, 0.6) is 0 Å². The third-order valence-electron chi connectivity index (χ3n) is 6.10. The Morgan fingerprint density at radius 2 is 1.34 bits per heavy atom. The highest BCUT2D eigenvalue weighted by Crippen LogP contribution is 2.22. The fourth-order valence-corrected chi connectivity index (χ4v) is 4.31. The van der Waals surface area contributed by atoms with Crippen molar-refractivity contribution in [3.8, 4) is 0 Å². The normalized spacial score (nSPS) is 18.2. The highest BCUT2D eigenvalue weighted by molar-refractivity contribution is 5.94. The lowest BCUT2D eigenvalue weighted by Gasteiger charge is -2.35. The zero-order valence-electron chi connectivity index (χ0n) is 17.8. The Hall–Kier alpha value is -2.63. The number of carbonyl (C=O) groups excluding carboxylic acids is 1. The molecule has 0 bridgehead atoms. The van der Waals surface area contributed by atoms with Gasteiger partial charge >= 0.3 is 0 Å². The largest absolute Gasteiger partial charge is 0.355 e. The molecule has 1 aromatic carbocycles. The Morgan fingerprint density at radius 3 is 1.86 bits per heavy atom. The molecule has 4 rings (SSSR count). The number of aryl methyl sites for hydroxylation is 2. The molecule has 154 valence electrons. The average Bonchev–Trinajstić information content (AvgIpc) is 2.73. The number of rotatable bonds is 3. The van der Waals surface area contributed by atoms with Crippen molar-refractivity contribution in [2.24, 2.45) is 5.92 Å². The molecule has 2 aromatic rings. The van der Waals surface area contributed by atoms with Crippen molar-refractivity contribution in [2.75, 3.05) is 49.1 Å². The van der Waals surface area contributed by atoms with Crippen molar-refractivity contribution in [3.05, 3.63) is 47.0 Å². The summed E-state index contributed by atoms with van der Waals surface area (Å²) in [6.07, 6.45) is 2.44. The van der Waals surface area contributed by atoms with Gasteiger partial charge in [-0.3, -0.25) is 4.79 Å². The van der Waals surface area contributed by atoms with Crippen LogP contribution in [0.2, 0.25) is 0 Å². The summed E-state index contributed by atoms with van der Waals surface area (Å²) < 4.78 is 0. The molecule has 2 aliphatic rings. The van der Waals surface area contributed by atoms with Crippen molar-refractivity contribution in [1.29, 1.82) is 0 Å². The van der Waals surface area contributed by atoms with Gasteiger partial charge in [0.15, 0.2) is 11.6 Å². The number of hydrogen-bond donors (Lipinski definition) is 0. The molecule has 2 saturated heterocycles. The lowest BCUT2D eigenvalue weighted by atomic mass is 9.99. The monoisotopic (exact) mass is 393 g/mol. The quantitative estimate of drug-likeness (QED) is 0.801. The van der Waals surface area contributed by atoms with E-state index in [9.17, 15) is 4.79 Å². The number of aromatic nitrogens is 2. The third-order valence-corrected chi connectivity index (χ3v) is 6.10. The molecule has 0 unspecified atom stereocenters. The maximum absolute atomic E-state index is 12.9. The molecule has 1 amide bonds. The van der Waals surface area contributed by atoms with Crippen LogP contribution in [0.1, 0.15) is 41.3 Å². The molecule has 6 heteroatoms. The topological polar surface area (TPSA) is 52.6 Å². The van der Waals surface area contributed by atoms with Crippen LogP contribution in [0.3, 0.4) is 0 Å². The number of piperazine rings is 1. The minimum atomic E-state index is 0.122. The van der Waals surface area contributed by atoms with Crippen LogP contribution in [0.4, 0.5) is 11.6 Å². The maximum atomic E-state index is 12.9. The predicted octanol–water partition coefficient (Wildman–Crippen LogP) is 3.29. The molecule has 0 aliphatic carbocycles. The van der Waals surface area contributed by atoms with E-state index < -0.39 is 0 Å². The summed E-state index contributed by atoms with van der Waals surface area (Å²) in [6, 6.07) is 10.2. The van der Waals surface area contributed by atoms with Crippen molar-refractivity contribution < 1.29 is 4.79 Å². The van der Waals surface area contributed by atoms with Gasteiger partial charge in [0.2, 0.25) is 0 Å². The molecule has 0 radical (unpaired) electrons.